The van der Waals surface area contributed by atoms with Crippen LogP contribution in [0.1, 0.15) is 13.8 Å². The zero-order valence-electron chi connectivity index (χ0n) is 9.47. The molecule has 0 saturated carbocycles. The van der Waals surface area contributed by atoms with Crippen molar-refractivity contribution in [1.82, 2.24) is 9.97 Å². The number of aromatic nitrogens is 2. The quantitative estimate of drug-likeness (QED) is 0.783. The molecule has 2 N–H and O–H groups in total. The predicted molar refractivity (Wildman–Crippen MR) is 60.8 cm³/mol. The normalized spacial score (nSPS) is 10.7. The van der Waals surface area contributed by atoms with E-state index in [-0.39, 0.29) is 0 Å². The van der Waals surface area contributed by atoms with E-state index < -0.39 is 0 Å². The SMILES string of the molecule is COCCN(c1ncc(N)cn1)C(C)C. The van der Waals surface area contributed by atoms with Crippen molar-refractivity contribution in [2.24, 2.45) is 0 Å². The summed E-state index contributed by atoms with van der Waals surface area (Å²) in [6, 6.07) is 0.337. The maximum atomic E-state index is 5.53. The van der Waals surface area contributed by atoms with Gasteiger partial charge in [-0.15, -0.1) is 0 Å². The first kappa shape index (κ1) is 11.7. The molecule has 15 heavy (non-hydrogen) atoms. The van der Waals surface area contributed by atoms with Crippen molar-refractivity contribution < 1.29 is 4.74 Å². The van der Waals surface area contributed by atoms with E-state index in [2.05, 4.69) is 28.7 Å². The van der Waals surface area contributed by atoms with Crippen LogP contribution in [0.4, 0.5) is 11.6 Å². The molecule has 1 rings (SSSR count). The highest BCUT2D eigenvalue weighted by Gasteiger charge is 2.12. The molecule has 0 aliphatic rings. The summed E-state index contributed by atoms with van der Waals surface area (Å²) in [5.74, 6) is 0.691. The van der Waals surface area contributed by atoms with E-state index in [9.17, 15) is 0 Å². The molecule has 0 aliphatic carbocycles. The third kappa shape index (κ3) is 3.36. The second-order valence-corrected chi connectivity index (χ2v) is 3.60. The summed E-state index contributed by atoms with van der Waals surface area (Å²) in [5, 5.41) is 0. The van der Waals surface area contributed by atoms with Crippen LogP contribution >= 0.6 is 0 Å². The lowest BCUT2D eigenvalue weighted by Crippen LogP contribution is -2.35. The Morgan fingerprint density at radius 1 is 1.40 bits per heavy atom. The van der Waals surface area contributed by atoms with Crippen LogP contribution in [0.25, 0.3) is 0 Å². The Hall–Kier alpha value is -1.36. The molecule has 0 aromatic carbocycles. The van der Waals surface area contributed by atoms with Crippen LogP contribution in [0, 0.1) is 0 Å². The van der Waals surface area contributed by atoms with Crippen LogP contribution in [0.3, 0.4) is 0 Å². The minimum Gasteiger partial charge on any atom is -0.396 e. The van der Waals surface area contributed by atoms with Gasteiger partial charge in [0.15, 0.2) is 0 Å². The lowest BCUT2D eigenvalue weighted by atomic mass is 10.3. The highest BCUT2D eigenvalue weighted by Crippen LogP contribution is 2.10. The fourth-order valence-corrected chi connectivity index (χ4v) is 1.26. The van der Waals surface area contributed by atoms with Gasteiger partial charge in [-0.2, -0.15) is 0 Å². The Morgan fingerprint density at radius 2 is 2.00 bits per heavy atom. The second-order valence-electron chi connectivity index (χ2n) is 3.60. The van der Waals surface area contributed by atoms with E-state index >= 15 is 0 Å². The molecule has 0 bridgehead atoms. The van der Waals surface area contributed by atoms with Gasteiger partial charge < -0.3 is 15.4 Å². The van der Waals surface area contributed by atoms with Gasteiger partial charge in [0.25, 0.3) is 0 Å². The summed E-state index contributed by atoms with van der Waals surface area (Å²) in [5.41, 5.74) is 6.11. The van der Waals surface area contributed by atoms with E-state index in [1.165, 1.54) is 0 Å². The molecule has 84 valence electrons. The minimum absolute atomic E-state index is 0.337. The number of nitrogens with two attached hydrogens (primary N) is 1. The van der Waals surface area contributed by atoms with E-state index in [0.717, 1.165) is 6.54 Å². The highest BCUT2D eigenvalue weighted by molar-refractivity contribution is 5.38. The first-order valence-corrected chi connectivity index (χ1v) is 4.98. The highest BCUT2D eigenvalue weighted by atomic mass is 16.5. The molecule has 5 heteroatoms. The molecular formula is C10H18N4O. The number of hydrogen-bond donors (Lipinski definition) is 1. The van der Waals surface area contributed by atoms with Crippen molar-refractivity contribution in [3.8, 4) is 0 Å². The van der Waals surface area contributed by atoms with Crippen molar-refractivity contribution in [3.05, 3.63) is 12.4 Å². The zero-order valence-corrected chi connectivity index (χ0v) is 9.47. The Balaban J connectivity index is 2.74. The first-order chi connectivity index (χ1) is 7.15. The minimum atomic E-state index is 0.337. The topological polar surface area (TPSA) is 64.3 Å². The van der Waals surface area contributed by atoms with Gasteiger partial charge >= 0.3 is 0 Å². The van der Waals surface area contributed by atoms with E-state index in [1.807, 2.05) is 0 Å². The standard InChI is InChI=1S/C10H18N4O/c1-8(2)14(4-5-15-3)10-12-6-9(11)7-13-10/h6-8H,4-5,11H2,1-3H3. The lowest BCUT2D eigenvalue weighted by molar-refractivity contribution is 0.203. The maximum Gasteiger partial charge on any atom is 0.225 e. The Bertz CT molecular complexity index is 286. The molecule has 1 aromatic rings. The lowest BCUT2D eigenvalue weighted by Gasteiger charge is -2.26. The first-order valence-electron chi connectivity index (χ1n) is 4.98. The van der Waals surface area contributed by atoms with Crippen molar-refractivity contribution in [1.29, 1.82) is 0 Å². The fraction of sp³-hybridized carbons (Fsp3) is 0.600. The number of methoxy groups -OCH3 is 1. The number of hydrogen-bond acceptors (Lipinski definition) is 5. The molecule has 0 radical (unpaired) electrons. The monoisotopic (exact) mass is 210 g/mol. The average molecular weight is 210 g/mol. The molecule has 5 nitrogen and oxygen atoms in total. The third-order valence-corrected chi connectivity index (χ3v) is 2.07. The van der Waals surface area contributed by atoms with Crippen LogP contribution in [-0.2, 0) is 4.74 Å². The summed E-state index contributed by atoms with van der Waals surface area (Å²) >= 11 is 0. The van der Waals surface area contributed by atoms with Crippen LogP contribution in [0.2, 0.25) is 0 Å². The average Bonchev–Trinajstić information content (AvgIpc) is 2.21. The van der Waals surface area contributed by atoms with Gasteiger partial charge in [-0.3, -0.25) is 0 Å². The third-order valence-electron chi connectivity index (χ3n) is 2.07. The Kier molecular flexibility index (Phi) is 4.30. The number of nitrogens with zero attached hydrogens (tertiary/aromatic N) is 3. The van der Waals surface area contributed by atoms with Gasteiger partial charge in [0.2, 0.25) is 5.95 Å². The van der Waals surface area contributed by atoms with Crippen molar-refractivity contribution in [2.45, 2.75) is 19.9 Å². The largest absolute Gasteiger partial charge is 0.396 e. The van der Waals surface area contributed by atoms with E-state index in [0.29, 0.717) is 24.3 Å². The second kappa shape index (κ2) is 5.50. The van der Waals surface area contributed by atoms with E-state index in [4.69, 9.17) is 10.5 Å². The summed E-state index contributed by atoms with van der Waals surface area (Å²) in [4.78, 5) is 10.4. The smallest absolute Gasteiger partial charge is 0.225 e. The Labute approximate surface area is 90.3 Å². The molecular weight excluding hydrogens is 192 g/mol. The maximum absolute atomic E-state index is 5.53. The van der Waals surface area contributed by atoms with Crippen LogP contribution in [0.15, 0.2) is 12.4 Å². The van der Waals surface area contributed by atoms with Crippen molar-refractivity contribution in [2.75, 3.05) is 30.9 Å². The predicted octanol–water partition coefficient (Wildman–Crippen LogP) is 0.920. The van der Waals surface area contributed by atoms with Gasteiger partial charge in [0.05, 0.1) is 24.7 Å². The molecule has 0 spiro atoms. The van der Waals surface area contributed by atoms with E-state index in [1.54, 1.807) is 19.5 Å². The summed E-state index contributed by atoms with van der Waals surface area (Å²) in [7, 11) is 1.68. The number of anilines is 2. The molecule has 1 aromatic heterocycles. The van der Waals surface area contributed by atoms with Gasteiger partial charge in [0.1, 0.15) is 0 Å². The van der Waals surface area contributed by atoms with Crippen LogP contribution in [0.5, 0.6) is 0 Å². The number of nitrogen functional groups attached to an aromatic ring is 1. The molecule has 0 fully saturated rings. The number of rotatable bonds is 5. The number of ether oxygens (including phenoxy) is 1. The summed E-state index contributed by atoms with van der Waals surface area (Å²) in [6.45, 7) is 5.62. The molecule has 0 atom stereocenters. The van der Waals surface area contributed by atoms with Crippen LogP contribution in [-0.4, -0.2) is 36.3 Å². The van der Waals surface area contributed by atoms with Gasteiger partial charge in [-0.1, -0.05) is 0 Å². The van der Waals surface area contributed by atoms with Crippen molar-refractivity contribution >= 4 is 11.6 Å². The van der Waals surface area contributed by atoms with Crippen LogP contribution < -0.4 is 10.6 Å². The molecule has 1 heterocycles. The molecule has 0 aliphatic heterocycles. The summed E-state index contributed by atoms with van der Waals surface area (Å²) in [6.07, 6.45) is 3.23. The molecule has 0 unspecified atom stereocenters. The summed E-state index contributed by atoms with van der Waals surface area (Å²) < 4.78 is 5.05. The molecule has 0 saturated heterocycles. The van der Waals surface area contributed by atoms with Crippen molar-refractivity contribution in [3.63, 3.8) is 0 Å². The van der Waals surface area contributed by atoms with Gasteiger partial charge in [0, 0.05) is 19.7 Å². The zero-order chi connectivity index (χ0) is 11.3. The van der Waals surface area contributed by atoms with Gasteiger partial charge in [-0.25, -0.2) is 9.97 Å². The fourth-order valence-electron chi connectivity index (χ4n) is 1.26. The van der Waals surface area contributed by atoms with Gasteiger partial charge in [-0.05, 0) is 13.8 Å². The Morgan fingerprint density at radius 3 is 2.47 bits per heavy atom. The molecule has 0 amide bonds.